The number of halogens is 5. The van der Waals surface area contributed by atoms with Crippen molar-refractivity contribution in [2.45, 2.75) is 18.9 Å². The summed E-state index contributed by atoms with van der Waals surface area (Å²) in [5.41, 5.74) is 0.108. The van der Waals surface area contributed by atoms with Gasteiger partial charge in [-0.3, -0.25) is 0 Å². The predicted molar refractivity (Wildman–Crippen MR) is 93.5 cm³/mol. The zero-order valence-electron chi connectivity index (χ0n) is 15.5. The normalized spacial score (nSPS) is 15.8. The van der Waals surface area contributed by atoms with Crippen molar-refractivity contribution < 1.29 is 41.0 Å². The molecule has 2 aromatic carbocycles. The molecule has 6 nitrogen and oxygen atoms in total. The van der Waals surface area contributed by atoms with Crippen LogP contribution in [0.4, 0.5) is 32.4 Å². The summed E-state index contributed by atoms with van der Waals surface area (Å²) in [5, 5.41) is 2.48. The van der Waals surface area contributed by atoms with Gasteiger partial charge in [0.1, 0.15) is 11.8 Å². The Bertz CT molecular complexity index is 972. The highest BCUT2D eigenvalue weighted by Gasteiger charge is 2.35. The molecule has 0 spiro atoms. The maximum Gasteiger partial charge on any atom is 0.328 e. The molecule has 1 atom stereocenters. The van der Waals surface area contributed by atoms with Crippen LogP contribution in [0.1, 0.15) is 12.8 Å². The minimum atomic E-state index is -2.30. The van der Waals surface area contributed by atoms with Gasteiger partial charge in [-0.15, -0.1) is 0 Å². The van der Waals surface area contributed by atoms with Crippen LogP contribution in [0.3, 0.4) is 0 Å². The van der Waals surface area contributed by atoms with Crippen LogP contribution in [-0.4, -0.2) is 36.6 Å². The van der Waals surface area contributed by atoms with Gasteiger partial charge in [-0.1, -0.05) is 6.07 Å². The fourth-order valence-electron chi connectivity index (χ4n) is 3.02. The van der Waals surface area contributed by atoms with Crippen molar-refractivity contribution in [3.05, 3.63) is 53.4 Å². The lowest BCUT2D eigenvalue weighted by atomic mass is 10.2. The van der Waals surface area contributed by atoms with Crippen molar-refractivity contribution in [2.75, 3.05) is 19.0 Å². The number of likely N-dealkylation sites (tertiary alicyclic amines) is 1. The van der Waals surface area contributed by atoms with Crippen LogP contribution < -0.4 is 10.1 Å². The number of benzene rings is 2. The van der Waals surface area contributed by atoms with Gasteiger partial charge in [0.25, 0.3) is 0 Å². The summed E-state index contributed by atoms with van der Waals surface area (Å²) < 4.78 is 76.9. The molecule has 2 amide bonds. The predicted octanol–water partition coefficient (Wildman–Crippen LogP) is 4.34. The molecule has 0 radical (unpaired) electrons. The lowest BCUT2D eigenvalue weighted by molar-refractivity contribution is -0.144. The SMILES string of the molecule is COC(=O)[C@H]1CCCN1C(=O)Nc1cccc(Oc2c(F)c(F)c(F)c(F)c2F)c1. The van der Waals surface area contributed by atoms with E-state index in [0.717, 1.165) is 6.07 Å². The number of hydrogen-bond acceptors (Lipinski definition) is 4. The summed E-state index contributed by atoms with van der Waals surface area (Å²) in [7, 11) is 1.21. The Morgan fingerprint density at radius 2 is 1.67 bits per heavy atom. The van der Waals surface area contributed by atoms with Crippen LogP contribution in [-0.2, 0) is 9.53 Å². The number of hydrogen-bond donors (Lipinski definition) is 1. The van der Waals surface area contributed by atoms with E-state index in [1.807, 2.05) is 0 Å². The number of rotatable bonds is 4. The van der Waals surface area contributed by atoms with E-state index >= 15 is 0 Å². The minimum Gasteiger partial charge on any atom is -0.467 e. The van der Waals surface area contributed by atoms with Gasteiger partial charge in [0, 0.05) is 18.3 Å². The molecule has 0 unspecified atom stereocenters. The maximum absolute atomic E-state index is 13.8. The zero-order valence-corrected chi connectivity index (χ0v) is 15.5. The Kier molecular flexibility index (Phi) is 6.09. The molecule has 1 N–H and O–H groups in total. The van der Waals surface area contributed by atoms with E-state index in [1.54, 1.807) is 0 Å². The van der Waals surface area contributed by atoms with E-state index in [-0.39, 0.29) is 11.4 Å². The summed E-state index contributed by atoms with van der Waals surface area (Å²) in [4.78, 5) is 25.5. The van der Waals surface area contributed by atoms with E-state index in [9.17, 15) is 31.5 Å². The molecule has 0 aromatic heterocycles. The highest BCUT2D eigenvalue weighted by Crippen LogP contribution is 2.33. The molecule has 0 bridgehead atoms. The fraction of sp³-hybridized carbons (Fsp3) is 0.263. The Hall–Kier alpha value is -3.37. The number of urea groups is 1. The molecule has 3 rings (SSSR count). The van der Waals surface area contributed by atoms with Crippen LogP contribution in [0.2, 0.25) is 0 Å². The molecular formula is C19H15F5N2O4. The van der Waals surface area contributed by atoms with Gasteiger partial charge in [0.05, 0.1) is 7.11 Å². The van der Waals surface area contributed by atoms with E-state index in [4.69, 9.17) is 4.74 Å². The average molecular weight is 430 g/mol. The van der Waals surface area contributed by atoms with E-state index < -0.39 is 52.9 Å². The molecule has 0 aliphatic carbocycles. The fourth-order valence-corrected chi connectivity index (χ4v) is 3.02. The molecule has 30 heavy (non-hydrogen) atoms. The molecule has 0 saturated carbocycles. The van der Waals surface area contributed by atoms with Crippen molar-refractivity contribution in [1.82, 2.24) is 4.90 Å². The molecular weight excluding hydrogens is 415 g/mol. The van der Waals surface area contributed by atoms with E-state index in [1.165, 1.54) is 30.2 Å². The minimum absolute atomic E-state index is 0.108. The Balaban J connectivity index is 1.79. The monoisotopic (exact) mass is 430 g/mol. The molecule has 2 aromatic rings. The number of esters is 1. The number of carbonyl (C=O) groups is 2. The van der Waals surface area contributed by atoms with E-state index in [2.05, 4.69) is 10.1 Å². The second kappa shape index (κ2) is 8.56. The van der Waals surface area contributed by atoms with Crippen molar-refractivity contribution in [2.24, 2.45) is 0 Å². The molecule has 1 aliphatic rings. The Morgan fingerprint density at radius 1 is 1.03 bits per heavy atom. The van der Waals surface area contributed by atoms with Gasteiger partial charge in [0.2, 0.25) is 34.8 Å². The standard InChI is InChI=1S/C19H15F5N2O4/c1-29-18(27)11-6-3-7-26(11)19(28)25-9-4-2-5-10(8-9)30-17-15(23)13(21)12(20)14(22)16(17)24/h2,4-5,8,11H,3,6-7H2,1H3,(H,25,28)/t11-/m1/s1. The van der Waals surface area contributed by atoms with Gasteiger partial charge in [-0.25, -0.2) is 22.8 Å². The number of carbonyl (C=O) groups excluding carboxylic acids is 2. The van der Waals surface area contributed by atoms with Crippen molar-refractivity contribution >= 4 is 17.7 Å². The first-order valence-corrected chi connectivity index (χ1v) is 8.69. The van der Waals surface area contributed by atoms with Crippen molar-refractivity contribution in [3.8, 4) is 11.5 Å². The van der Waals surface area contributed by atoms with Gasteiger partial charge in [-0.05, 0) is 25.0 Å². The summed E-state index contributed by atoms with van der Waals surface area (Å²) in [6.07, 6.45) is 1.03. The number of amides is 2. The van der Waals surface area contributed by atoms with Crippen LogP contribution in [0.5, 0.6) is 11.5 Å². The number of anilines is 1. The van der Waals surface area contributed by atoms with Crippen molar-refractivity contribution in [3.63, 3.8) is 0 Å². The first-order chi connectivity index (χ1) is 14.2. The number of nitrogens with one attached hydrogen (secondary N) is 1. The lowest BCUT2D eigenvalue weighted by Crippen LogP contribution is -2.43. The first kappa shape index (κ1) is 21.3. The second-order valence-corrected chi connectivity index (χ2v) is 6.33. The van der Waals surface area contributed by atoms with Crippen LogP contribution in [0.25, 0.3) is 0 Å². The highest BCUT2D eigenvalue weighted by molar-refractivity contribution is 5.93. The molecule has 11 heteroatoms. The smallest absolute Gasteiger partial charge is 0.328 e. The Morgan fingerprint density at radius 3 is 2.30 bits per heavy atom. The molecule has 1 heterocycles. The van der Waals surface area contributed by atoms with Gasteiger partial charge >= 0.3 is 12.0 Å². The molecule has 1 aliphatic heterocycles. The first-order valence-electron chi connectivity index (χ1n) is 8.69. The second-order valence-electron chi connectivity index (χ2n) is 6.33. The molecule has 160 valence electrons. The largest absolute Gasteiger partial charge is 0.467 e. The van der Waals surface area contributed by atoms with Crippen LogP contribution in [0.15, 0.2) is 24.3 Å². The van der Waals surface area contributed by atoms with Gasteiger partial charge < -0.3 is 19.7 Å². The van der Waals surface area contributed by atoms with E-state index in [0.29, 0.717) is 19.4 Å². The maximum atomic E-state index is 13.8. The van der Waals surface area contributed by atoms with Crippen molar-refractivity contribution in [1.29, 1.82) is 0 Å². The third-order valence-corrected chi connectivity index (χ3v) is 4.46. The van der Waals surface area contributed by atoms with Gasteiger partial charge in [0.15, 0.2) is 0 Å². The Labute approximate surface area is 167 Å². The zero-order chi connectivity index (χ0) is 22.0. The summed E-state index contributed by atoms with van der Waals surface area (Å²) in [5.74, 6) is -13.2. The van der Waals surface area contributed by atoms with Crippen LogP contribution >= 0.6 is 0 Å². The quantitative estimate of drug-likeness (QED) is 0.339. The highest BCUT2D eigenvalue weighted by atomic mass is 19.2. The topological polar surface area (TPSA) is 67.9 Å². The van der Waals surface area contributed by atoms with Gasteiger partial charge in [-0.2, -0.15) is 8.78 Å². The number of ether oxygens (including phenoxy) is 2. The lowest BCUT2D eigenvalue weighted by Gasteiger charge is -2.23. The molecule has 1 saturated heterocycles. The number of methoxy groups -OCH3 is 1. The summed E-state index contributed by atoms with van der Waals surface area (Å²) in [6, 6.07) is 3.68. The number of nitrogens with zero attached hydrogens (tertiary/aromatic N) is 1. The average Bonchev–Trinajstić information content (AvgIpc) is 3.24. The molecule has 1 fully saturated rings. The third kappa shape index (κ3) is 4.00. The summed E-state index contributed by atoms with van der Waals surface area (Å²) >= 11 is 0. The third-order valence-electron chi connectivity index (χ3n) is 4.46. The summed E-state index contributed by atoms with van der Waals surface area (Å²) in [6.45, 7) is 0.312. The van der Waals surface area contributed by atoms with Crippen LogP contribution in [0, 0.1) is 29.1 Å².